The molecule has 6 heteroatoms. The molecule has 1 heterocycles. The van der Waals surface area contributed by atoms with Crippen LogP contribution in [0.2, 0.25) is 0 Å². The van der Waals surface area contributed by atoms with Crippen LogP contribution < -0.4 is 10.5 Å². The average molecular weight is 338 g/mol. The summed E-state index contributed by atoms with van der Waals surface area (Å²) in [4.78, 5) is 4.54. The second kappa shape index (κ2) is 7.32. The molecule has 0 amide bonds. The summed E-state index contributed by atoms with van der Waals surface area (Å²) >= 11 is 0. The van der Waals surface area contributed by atoms with Crippen LogP contribution >= 0.6 is 12.4 Å². The molecule has 2 N–H and O–H groups in total. The van der Waals surface area contributed by atoms with E-state index in [9.17, 15) is 0 Å². The molecule has 3 rings (SSSR count). The van der Waals surface area contributed by atoms with E-state index >= 15 is 0 Å². The zero-order valence-electron chi connectivity index (χ0n) is 13.6. The summed E-state index contributed by atoms with van der Waals surface area (Å²) in [6, 6.07) is 8.08. The number of nitrogens with two attached hydrogens (primary N) is 1. The highest BCUT2D eigenvalue weighted by atomic mass is 35.5. The van der Waals surface area contributed by atoms with Gasteiger partial charge in [0.1, 0.15) is 5.75 Å². The third kappa shape index (κ3) is 3.85. The Morgan fingerprint density at radius 3 is 2.52 bits per heavy atom. The second-order valence-electron chi connectivity index (χ2n) is 6.25. The fourth-order valence-electron chi connectivity index (χ4n) is 3.08. The molecule has 1 aliphatic rings. The van der Waals surface area contributed by atoms with E-state index in [2.05, 4.69) is 29.2 Å². The highest BCUT2D eigenvalue weighted by Crippen LogP contribution is 2.34. The average Bonchev–Trinajstić information content (AvgIpc) is 3.17. The molecule has 1 saturated carbocycles. The van der Waals surface area contributed by atoms with Gasteiger partial charge < -0.3 is 15.0 Å². The van der Waals surface area contributed by atoms with Crippen molar-refractivity contribution in [2.75, 3.05) is 7.11 Å². The van der Waals surface area contributed by atoms with E-state index in [1.165, 1.54) is 5.56 Å². The van der Waals surface area contributed by atoms with Crippen molar-refractivity contribution >= 4 is 12.4 Å². The highest BCUT2D eigenvalue weighted by Gasteiger charge is 2.36. The van der Waals surface area contributed by atoms with Crippen molar-refractivity contribution in [1.82, 2.24) is 10.1 Å². The van der Waals surface area contributed by atoms with Gasteiger partial charge in [-0.15, -0.1) is 12.4 Å². The standard InChI is InChI=1S/C17H23N3O2.ClH/c1-12(13-5-7-14(21-2)8-6-13)11-15-19-16(20-22-15)17(18)9-3-4-10-17;/h5-8,12H,3-4,9-11,18H2,1-2H3;1H. The molecule has 1 fully saturated rings. The Morgan fingerprint density at radius 2 is 1.91 bits per heavy atom. The van der Waals surface area contributed by atoms with Gasteiger partial charge in [-0.2, -0.15) is 4.98 Å². The molecule has 2 aromatic rings. The number of halogens is 1. The molecule has 1 unspecified atom stereocenters. The Bertz CT molecular complexity index is 621. The highest BCUT2D eigenvalue weighted by molar-refractivity contribution is 5.85. The summed E-state index contributed by atoms with van der Waals surface area (Å²) in [5.41, 5.74) is 7.21. The van der Waals surface area contributed by atoms with Gasteiger partial charge in [0, 0.05) is 6.42 Å². The minimum Gasteiger partial charge on any atom is -0.497 e. The molecule has 0 bridgehead atoms. The fourth-order valence-corrected chi connectivity index (χ4v) is 3.08. The summed E-state index contributed by atoms with van der Waals surface area (Å²) in [7, 11) is 1.67. The number of hydrogen-bond donors (Lipinski definition) is 1. The van der Waals surface area contributed by atoms with Crippen LogP contribution in [0.4, 0.5) is 0 Å². The van der Waals surface area contributed by atoms with E-state index in [0.717, 1.165) is 37.9 Å². The van der Waals surface area contributed by atoms with Crippen LogP contribution in [0.15, 0.2) is 28.8 Å². The molecule has 0 radical (unpaired) electrons. The second-order valence-corrected chi connectivity index (χ2v) is 6.25. The summed E-state index contributed by atoms with van der Waals surface area (Å²) in [6.07, 6.45) is 4.89. The van der Waals surface area contributed by atoms with Gasteiger partial charge in [0.25, 0.3) is 0 Å². The van der Waals surface area contributed by atoms with Crippen molar-refractivity contribution in [3.8, 4) is 5.75 Å². The molecular weight excluding hydrogens is 314 g/mol. The van der Waals surface area contributed by atoms with Gasteiger partial charge in [0.05, 0.1) is 12.6 Å². The topological polar surface area (TPSA) is 74.2 Å². The summed E-state index contributed by atoms with van der Waals surface area (Å²) in [5.74, 6) is 2.50. The van der Waals surface area contributed by atoms with Gasteiger partial charge in [-0.3, -0.25) is 0 Å². The zero-order chi connectivity index (χ0) is 15.6. The minimum absolute atomic E-state index is 0. The number of hydrogen-bond acceptors (Lipinski definition) is 5. The normalized spacial score (nSPS) is 17.5. The smallest absolute Gasteiger partial charge is 0.227 e. The van der Waals surface area contributed by atoms with Gasteiger partial charge in [-0.1, -0.05) is 37.1 Å². The summed E-state index contributed by atoms with van der Waals surface area (Å²) < 4.78 is 10.6. The number of methoxy groups -OCH3 is 1. The van der Waals surface area contributed by atoms with Gasteiger partial charge >= 0.3 is 0 Å². The lowest BCUT2D eigenvalue weighted by Crippen LogP contribution is -2.34. The Balaban J connectivity index is 0.00000192. The largest absolute Gasteiger partial charge is 0.497 e. The first-order chi connectivity index (χ1) is 10.6. The lowest BCUT2D eigenvalue weighted by Gasteiger charge is -2.17. The predicted molar refractivity (Wildman–Crippen MR) is 91.0 cm³/mol. The number of ether oxygens (including phenoxy) is 1. The van der Waals surface area contributed by atoms with Gasteiger partial charge in [0.15, 0.2) is 5.82 Å². The Morgan fingerprint density at radius 1 is 1.26 bits per heavy atom. The first-order valence-electron chi connectivity index (χ1n) is 7.86. The number of benzene rings is 1. The maximum absolute atomic E-state index is 6.37. The van der Waals surface area contributed by atoms with Crippen LogP contribution in [0.25, 0.3) is 0 Å². The molecule has 23 heavy (non-hydrogen) atoms. The molecule has 1 atom stereocenters. The van der Waals surface area contributed by atoms with Gasteiger partial charge in [-0.05, 0) is 36.5 Å². The number of rotatable bonds is 5. The third-order valence-electron chi connectivity index (χ3n) is 4.57. The molecule has 5 nitrogen and oxygen atoms in total. The van der Waals surface area contributed by atoms with Crippen LogP contribution in [0.3, 0.4) is 0 Å². The van der Waals surface area contributed by atoms with E-state index in [1.807, 2.05) is 12.1 Å². The molecule has 1 aromatic carbocycles. The maximum atomic E-state index is 6.37. The van der Waals surface area contributed by atoms with Crippen LogP contribution in [0.5, 0.6) is 5.75 Å². The van der Waals surface area contributed by atoms with E-state index < -0.39 is 0 Å². The molecule has 0 aliphatic heterocycles. The van der Waals surface area contributed by atoms with Crippen molar-refractivity contribution in [2.24, 2.45) is 5.73 Å². The monoisotopic (exact) mass is 337 g/mol. The van der Waals surface area contributed by atoms with Crippen LogP contribution in [-0.4, -0.2) is 17.3 Å². The lowest BCUT2D eigenvalue weighted by molar-refractivity contribution is 0.345. The van der Waals surface area contributed by atoms with Crippen molar-refractivity contribution in [3.05, 3.63) is 41.5 Å². The lowest BCUT2D eigenvalue weighted by atomic mass is 9.97. The summed E-state index contributed by atoms with van der Waals surface area (Å²) in [6.45, 7) is 2.15. The predicted octanol–water partition coefficient (Wildman–Crippen LogP) is 3.57. The quantitative estimate of drug-likeness (QED) is 0.902. The van der Waals surface area contributed by atoms with E-state index in [4.69, 9.17) is 15.0 Å². The van der Waals surface area contributed by atoms with E-state index in [-0.39, 0.29) is 17.9 Å². The molecule has 126 valence electrons. The van der Waals surface area contributed by atoms with Crippen molar-refractivity contribution < 1.29 is 9.26 Å². The Kier molecular flexibility index (Phi) is 5.65. The number of aromatic nitrogens is 2. The van der Waals surface area contributed by atoms with Gasteiger partial charge in [-0.25, -0.2) is 0 Å². The molecule has 0 saturated heterocycles. The van der Waals surface area contributed by atoms with Crippen LogP contribution in [-0.2, 0) is 12.0 Å². The van der Waals surface area contributed by atoms with Crippen molar-refractivity contribution in [2.45, 2.75) is 50.5 Å². The molecular formula is C17H24ClN3O2. The first kappa shape index (κ1) is 17.8. The van der Waals surface area contributed by atoms with Crippen molar-refractivity contribution in [1.29, 1.82) is 0 Å². The molecule has 1 aromatic heterocycles. The van der Waals surface area contributed by atoms with Crippen LogP contribution in [0, 0.1) is 0 Å². The fraction of sp³-hybridized carbons (Fsp3) is 0.529. The van der Waals surface area contributed by atoms with E-state index in [1.54, 1.807) is 7.11 Å². The molecule has 0 spiro atoms. The minimum atomic E-state index is -0.384. The maximum Gasteiger partial charge on any atom is 0.227 e. The Hall–Kier alpha value is -1.59. The van der Waals surface area contributed by atoms with Gasteiger partial charge in [0.2, 0.25) is 5.89 Å². The third-order valence-corrected chi connectivity index (χ3v) is 4.57. The summed E-state index contributed by atoms with van der Waals surface area (Å²) in [5, 5.41) is 4.11. The first-order valence-corrected chi connectivity index (χ1v) is 7.86. The SMILES string of the molecule is COc1ccc(C(C)Cc2nc(C3(N)CCCC3)no2)cc1.Cl. The van der Waals surface area contributed by atoms with E-state index in [0.29, 0.717) is 17.6 Å². The Labute approximate surface area is 143 Å². The van der Waals surface area contributed by atoms with Crippen molar-refractivity contribution in [3.63, 3.8) is 0 Å². The molecule has 1 aliphatic carbocycles. The van der Waals surface area contributed by atoms with Crippen LogP contribution in [0.1, 0.15) is 55.8 Å². The zero-order valence-corrected chi connectivity index (χ0v) is 14.4. The number of nitrogens with zero attached hydrogens (tertiary/aromatic N) is 2.